The summed E-state index contributed by atoms with van der Waals surface area (Å²) in [4.78, 5) is 15.2. The Morgan fingerprint density at radius 2 is 2.19 bits per heavy atom. The monoisotopic (exact) mass is 282 g/mol. The molecule has 1 aliphatic carbocycles. The molecule has 0 saturated carbocycles. The van der Waals surface area contributed by atoms with Crippen molar-refractivity contribution in [2.24, 2.45) is 5.92 Å². The van der Waals surface area contributed by atoms with Gasteiger partial charge in [-0.15, -0.1) is 0 Å². The van der Waals surface area contributed by atoms with Crippen LogP contribution in [0.25, 0.3) is 10.9 Å². The first kappa shape index (κ1) is 13.9. The molecule has 1 heterocycles. The molecule has 2 aromatic rings. The lowest BCUT2D eigenvalue weighted by Gasteiger charge is -2.18. The maximum atomic E-state index is 12.0. The third-order valence-electron chi connectivity index (χ3n) is 4.26. The van der Waals surface area contributed by atoms with E-state index in [1.807, 2.05) is 18.3 Å². The van der Waals surface area contributed by atoms with Crippen molar-refractivity contribution < 1.29 is 4.79 Å². The lowest BCUT2D eigenvalue weighted by Crippen LogP contribution is -2.29. The topological polar surface area (TPSA) is 44.9 Å². The van der Waals surface area contributed by atoms with Crippen molar-refractivity contribution in [1.82, 2.24) is 10.3 Å². The van der Waals surface area contributed by atoms with Crippen molar-refractivity contribution in [3.05, 3.63) is 48.2 Å². The Bertz CT molecular complexity index is 641. The summed E-state index contributed by atoms with van der Waals surface area (Å²) >= 11 is 0. The van der Waals surface area contributed by atoms with Gasteiger partial charge in [0.1, 0.15) is 0 Å². The lowest BCUT2D eigenvalue weighted by atomic mass is 9.94. The van der Waals surface area contributed by atoms with Gasteiger partial charge in [0, 0.05) is 30.1 Å². The number of carbonyl (C=O) groups excluding carboxylic acids is 1. The molecule has 1 aliphatic rings. The SMILES string of the molecule is O=C(CCc1c[nH]c2ccccc12)NCC1CC=CCC1. The second kappa shape index (κ2) is 6.61. The molecule has 1 aromatic carbocycles. The lowest BCUT2D eigenvalue weighted by molar-refractivity contribution is -0.121. The zero-order valence-corrected chi connectivity index (χ0v) is 12.3. The quantitative estimate of drug-likeness (QED) is 0.809. The third-order valence-corrected chi connectivity index (χ3v) is 4.26. The molecule has 3 heteroatoms. The molecule has 0 fully saturated rings. The average Bonchev–Trinajstić information content (AvgIpc) is 2.95. The van der Waals surface area contributed by atoms with Crippen LogP contribution in [0.4, 0.5) is 0 Å². The van der Waals surface area contributed by atoms with Crippen LogP contribution in [0.3, 0.4) is 0 Å². The number of hydrogen-bond donors (Lipinski definition) is 2. The van der Waals surface area contributed by atoms with Crippen LogP contribution in [0.15, 0.2) is 42.6 Å². The number of allylic oxidation sites excluding steroid dienone is 2. The van der Waals surface area contributed by atoms with Gasteiger partial charge >= 0.3 is 0 Å². The number of fused-ring (bicyclic) bond motifs is 1. The molecular formula is C18H22N2O. The summed E-state index contributed by atoms with van der Waals surface area (Å²) in [6.07, 6.45) is 11.3. The first-order valence-corrected chi connectivity index (χ1v) is 7.79. The van der Waals surface area contributed by atoms with Gasteiger partial charge in [0.05, 0.1) is 0 Å². The second-order valence-electron chi connectivity index (χ2n) is 5.81. The fourth-order valence-corrected chi connectivity index (χ4v) is 2.97. The first-order valence-electron chi connectivity index (χ1n) is 7.79. The minimum absolute atomic E-state index is 0.162. The number of rotatable bonds is 5. The number of carbonyl (C=O) groups is 1. The number of aromatic nitrogens is 1. The molecule has 1 aromatic heterocycles. The van der Waals surface area contributed by atoms with E-state index in [2.05, 4.69) is 34.6 Å². The zero-order chi connectivity index (χ0) is 14.5. The highest BCUT2D eigenvalue weighted by Crippen LogP contribution is 2.19. The summed E-state index contributed by atoms with van der Waals surface area (Å²) < 4.78 is 0. The number of hydrogen-bond acceptors (Lipinski definition) is 1. The molecule has 2 N–H and O–H groups in total. The van der Waals surface area contributed by atoms with Crippen molar-refractivity contribution in [1.29, 1.82) is 0 Å². The normalized spacial score (nSPS) is 18.0. The molecule has 1 unspecified atom stereocenters. The van der Waals surface area contributed by atoms with Gasteiger partial charge in [0.25, 0.3) is 0 Å². The van der Waals surface area contributed by atoms with E-state index >= 15 is 0 Å². The molecule has 0 saturated heterocycles. The van der Waals surface area contributed by atoms with Crippen LogP contribution in [-0.4, -0.2) is 17.4 Å². The number of H-pyrrole nitrogens is 1. The van der Waals surface area contributed by atoms with Crippen LogP contribution < -0.4 is 5.32 Å². The molecule has 1 amide bonds. The number of aromatic amines is 1. The summed E-state index contributed by atoms with van der Waals surface area (Å²) in [5, 5.41) is 4.30. The summed E-state index contributed by atoms with van der Waals surface area (Å²) in [6, 6.07) is 8.23. The van der Waals surface area contributed by atoms with Gasteiger partial charge < -0.3 is 10.3 Å². The van der Waals surface area contributed by atoms with Gasteiger partial charge in [-0.05, 0) is 43.2 Å². The first-order chi connectivity index (χ1) is 10.3. The van der Waals surface area contributed by atoms with Gasteiger partial charge in [0.2, 0.25) is 5.91 Å². The Hall–Kier alpha value is -2.03. The van der Waals surface area contributed by atoms with E-state index in [0.29, 0.717) is 12.3 Å². The highest BCUT2D eigenvalue weighted by atomic mass is 16.1. The molecule has 0 aliphatic heterocycles. The smallest absolute Gasteiger partial charge is 0.220 e. The molecule has 0 radical (unpaired) electrons. The van der Waals surface area contributed by atoms with Gasteiger partial charge in [-0.1, -0.05) is 30.4 Å². The summed E-state index contributed by atoms with van der Waals surface area (Å²) in [5.74, 6) is 0.780. The summed E-state index contributed by atoms with van der Waals surface area (Å²) in [7, 11) is 0. The van der Waals surface area contributed by atoms with E-state index in [9.17, 15) is 4.79 Å². The highest BCUT2D eigenvalue weighted by molar-refractivity contribution is 5.84. The van der Waals surface area contributed by atoms with Crippen molar-refractivity contribution in [3.8, 4) is 0 Å². The zero-order valence-electron chi connectivity index (χ0n) is 12.3. The Balaban J connectivity index is 1.48. The fourth-order valence-electron chi connectivity index (χ4n) is 2.97. The van der Waals surface area contributed by atoms with Crippen molar-refractivity contribution in [3.63, 3.8) is 0 Å². The Morgan fingerprint density at radius 1 is 1.29 bits per heavy atom. The van der Waals surface area contributed by atoms with Gasteiger partial charge in [-0.3, -0.25) is 4.79 Å². The summed E-state index contributed by atoms with van der Waals surface area (Å²) in [5.41, 5.74) is 2.36. The van der Waals surface area contributed by atoms with Crippen LogP contribution in [0, 0.1) is 5.92 Å². The van der Waals surface area contributed by atoms with Gasteiger partial charge in [0.15, 0.2) is 0 Å². The third kappa shape index (κ3) is 3.54. The Kier molecular flexibility index (Phi) is 4.39. The van der Waals surface area contributed by atoms with Gasteiger partial charge in [-0.25, -0.2) is 0 Å². The number of aryl methyl sites for hydroxylation is 1. The van der Waals surface area contributed by atoms with Crippen LogP contribution in [0.2, 0.25) is 0 Å². The number of nitrogens with one attached hydrogen (secondary N) is 2. The van der Waals surface area contributed by atoms with E-state index in [1.165, 1.54) is 17.4 Å². The second-order valence-corrected chi connectivity index (χ2v) is 5.81. The number of para-hydroxylation sites is 1. The largest absolute Gasteiger partial charge is 0.361 e. The fraction of sp³-hybridized carbons (Fsp3) is 0.389. The average molecular weight is 282 g/mol. The molecule has 21 heavy (non-hydrogen) atoms. The molecule has 3 rings (SSSR count). The predicted molar refractivity (Wildman–Crippen MR) is 86.1 cm³/mol. The minimum atomic E-state index is 0.162. The number of amides is 1. The predicted octanol–water partition coefficient (Wildman–Crippen LogP) is 3.57. The van der Waals surface area contributed by atoms with Crippen LogP contribution in [-0.2, 0) is 11.2 Å². The molecule has 0 bridgehead atoms. The maximum Gasteiger partial charge on any atom is 0.220 e. The van der Waals surface area contributed by atoms with Crippen molar-refractivity contribution in [2.75, 3.05) is 6.54 Å². The molecule has 1 atom stereocenters. The van der Waals surface area contributed by atoms with Crippen LogP contribution in [0.5, 0.6) is 0 Å². The van der Waals surface area contributed by atoms with Crippen molar-refractivity contribution in [2.45, 2.75) is 32.1 Å². The van der Waals surface area contributed by atoms with E-state index in [-0.39, 0.29) is 5.91 Å². The molecule has 0 spiro atoms. The maximum absolute atomic E-state index is 12.0. The van der Waals surface area contributed by atoms with Gasteiger partial charge in [-0.2, -0.15) is 0 Å². The number of benzene rings is 1. The Morgan fingerprint density at radius 3 is 3.05 bits per heavy atom. The van der Waals surface area contributed by atoms with E-state index in [0.717, 1.165) is 31.3 Å². The molecule has 3 nitrogen and oxygen atoms in total. The Labute approximate surface area is 125 Å². The van der Waals surface area contributed by atoms with E-state index < -0.39 is 0 Å². The minimum Gasteiger partial charge on any atom is -0.361 e. The van der Waals surface area contributed by atoms with Crippen LogP contribution >= 0.6 is 0 Å². The van der Waals surface area contributed by atoms with E-state index in [1.54, 1.807) is 0 Å². The molecule has 110 valence electrons. The molecular weight excluding hydrogens is 260 g/mol. The van der Waals surface area contributed by atoms with Crippen molar-refractivity contribution >= 4 is 16.8 Å². The highest BCUT2D eigenvalue weighted by Gasteiger charge is 2.11. The standard InChI is InChI=1S/C18H22N2O/c21-18(20-12-14-6-2-1-3-7-14)11-10-15-13-19-17-9-5-4-8-16(15)17/h1-2,4-5,8-9,13-14,19H,3,6-7,10-12H2,(H,20,21). The van der Waals surface area contributed by atoms with Crippen LogP contribution in [0.1, 0.15) is 31.2 Å². The summed E-state index contributed by atoms with van der Waals surface area (Å²) in [6.45, 7) is 0.817. The van der Waals surface area contributed by atoms with E-state index in [4.69, 9.17) is 0 Å².